The van der Waals surface area contributed by atoms with Crippen molar-refractivity contribution in [3.8, 4) is 17.9 Å². The third kappa shape index (κ3) is 3.21. The SMILES string of the molecule is CCOC(=O)C1=C(C)n2nc(CC#N)c(C#N)c2NC1c1cc(Br)ccc1O. The Labute approximate surface area is 169 Å². The normalized spacial score (nSPS) is 15.2. The average Bonchev–Trinajstić information content (AvgIpc) is 3.01. The van der Waals surface area contributed by atoms with Gasteiger partial charge in [-0.25, -0.2) is 9.48 Å². The van der Waals surface area contributed by atoms with Crippen LogP contribution in [0, 0.1) is 22.7 Å². The van der Waals surface area contributed by atoms with E-state index in [1.54, 1.807) is 26.0 Å². The van der Waals surface area contributed by atoms with Crippen LogP contribution in [0.1, 0.15) is 36.7 Å². The van der Waals surface area contributed by atoms with Gasteiger partial charge in [0.2, 0.25) is 0 Å². The maximum atomic E-state index is 12.7. The Bertz CT molecular complexity index is 1070. The molecule has 1 aliphatic heterocycles. The van der Waals surface area contributed by atoms with Gasteiger partial charge in [0.05, 0.1) is 42.1 Å². The Hall–Kier alpha value is -3.30. The Morgan fingerprint density at radius 1 is 1.46 bits per heavy atom. The molecule has 2 N–H and O–H groups in total. The number of ether oxygens (including phenoxy) is 1. The number of nitrogens with one attached hydrogen (secondary N) is 1. The molecule has 1 aromatic carbocycles. The van der Waals surface area contributed by atoms with E-state index in [1.165, 1.54) is 10.7 Å². The van der Waals surface area contributed by atoms with Crippen molar-refractivity contribution in [3.63, 3.8) is 0 Å². The molecule has 9 heteroatoms. The number of carbonyl (C=O) groups excluding carboxylic acids is 1. The molecular formula is C19H16BrN5O3. The van der Waals surface area contributed by atoms with Gasteiger partial charge in [-0.1, -0.05) is 15.9 Å². The maximum Gasteiger partial charge on any atom is 0.338 e. The van der Waals surface area contributed by atoms with Gasteiger partial charge in [-0.2, -0.15) is 15.6 Å². The summed E-state index contributed by atoms with van der Waals surface area (Å²) in [7, 11) is 0. The molecule has 0 spiro atoms. The van der Waals surface area contributed by atoms with Crippen LogP contribution in [-0.4, -0.2) is 27.5 Å². The quantitative estimate of drug-likeness (QED) is 0.697. The minimum atomic E-state index is -0.761. The molecule has 1 aromatic heterocycles. The predicted octanol–water partition coefficient (Wildman–Crippen LogP) is 3.25. The summed E-state index contributed by atoms with van der Waals surface area (Å²) >= 11 is 3.37. The number of halogens is 1. The standard InChI is InChI=1S/C19H16BrN5O3/c1-3-28-19(27)16-10(2)25-18(13(9-22)14(24-25)6-7-21)23-17(16)12-8-11(20)4-5-15(12)26/h4-5,8,17,23,26H,3,6H2,1-2H3. The van der Waals surface area contributed by atoms with Crippen molar-refractivity contribution < 1.29 is 14.6 Å². The van der Waals surface area contributed by atoms with Crippen LogP contribution < -0.4 is 5.32 Å². The zero-order chi connectivity index (χ0) is 20.4. The van der Waals surface area contributed by atoms with E-state index < -0.39 is 12.0 Å². The fourth-order valence-electron chi connectivity index (χ4n) is 3.15. The average molecular weight is 442 g/mol. The van der Waals surface area contributed by atoms with Crippen molar-refractivity contribution in [3.05, 3.63) is 45.1 Å². The Balaban J connectivity index is 2.26. The molecule has 0 radical (unpaired) electrons. The second-order valence-corrected chi connectivity index (χ2v) is 6.94. The van der Waals surface area contributed by atoms with Gasteiger partial charge in [0.1, 0.15) is 23.2 Å². The number of phenolic OH excluding ortho intramolecular Hbond substituents is 1. The summed E-state index contributed by atoms with van der Waals surface area (Å²) in [5.41, 5.74) is 1.70. The van der Waals surface area contributed by atoms with Gasteiger partial charge in [-0.3, -0.25) is 0 Å². The van der Waals surface area contributed by atoms with Gasteiger partial charge in [0.15, 0.2) is 0 Å². The number of esters is 1. The lowest BCUT2D eigenvalue weighted by Crippen LogP contribution is -2.28. The van der Waals surface area contributed by atoms with Crippen molar-refractivity contribution in [1.82, 2.24) is 9.78 Å². The number of nitriles is 2. The number of hydrogen-bond acceptors (Lipinski definition) is 7. The molecule has 8 nitrogen and oxygen atoms in total. The van der Waals surface area contributed by atoms with Crippen LogP contribution in [-0.2, 0) is 16.0 Å². The van der Waals surface area contributed by atoms with Crippen LogP contribution in [0.5, 0.6) is 5.75 Å². The van der Waals surface area contributed by atoms with Crippen LogP contribution >= 0.6 is 15.9 Å². The molecule has 3 rings (SSSR count). The largest absolute Gasteiger partial charge is 0.508 e. The highest BCUT2D eigenvalue weighted by Crippen LogP contribution is 2.42. The predicted molar refractivity (Wildman–Crippen MR) is 104 cm³/mol. The van der Waals surface area contributed by atoms with E-state index in [0.29, 0.717) is 27.2 Å². The smallest absolute Gasteiger partial charge is 0.338 e. The summed E-state index contributed by atoms with van der Waals surface area (Å²) in [6.45, 7) is 3.57. The first-order valence-electron chi connectivity index (χ1n) is 8.45. The summed E-state index contributed by atoms with van der Waals surface area (Å²) in [6.07, 6.45) is -0.0423. The molecule has 0 saturated carbocycles. The topological polar surface area (TPSA) is 124 Å². The highest BCUT2D eigenvalue weighted by molar-refractivity contribution is 9.10. The number of nitrogens with zero attached hydrogens (tertiary/aromatic N) is 4. The van der Waals surface area contributed by atoms with E-state index in [4.69, 9.17) is 10.00 Å². The first kappa shape index (κ1) is 19.5. The monoisotopic (exact) mass is 441 g/mol. The van der Waals surface area contributed by atoms with Gasteiger partial charge in [0.25, 0.3) is 0 Å². The molecular weight excluding hydrogens is 426 g/mol. The molecule has 1 aliphatic rings. The third-order valence-corrected chi connectivity index (χ3v) is 4.88. The summed E-state index contributed by atoms with van der Waals surface area (Å²) in [5, 5.41) is 36.4. The lowest BCUT2D eigenvalue weighted by atomic mass is 9.94. The second kappa shape index (κ2) is 7.75. The molecule has 0 aliphatic carbocycles. The zero-order valence-corrected chi connectivity index (χ0v) is 16.7. The minimum absolute atomic E-state index is 0.0148. The second-order valence-electron chi connectivity index (χ2n) is 6.03. The first-order chi connectivity index (χ1) is 13.4. The van der Waals surface area contributed by atoms with E-state index >= 15 is 0 Å². The maximum absolute atomic E-state index is 12.7. The molecule has 0 bridgehead atoms. The van der Waals surface area contributed by atoms with Crippen molar-refractivity contribution in [2.45, 2.75) is 26.3 Å². The molecule has 2 aromatic rings. The van der Waals surface area contributed by atoms with Gasteiger partial charge in [-0.15, -0.1) is 0 Å². The van der Waals surface area contributed by atoms with E-state index in [1.807, 2.05) is 6.07 Å². The molecule has 0 amide bonds. The van der Waals surface area contributed by atoms with Crippen molar-refractivity contribution in [2.24, 2.45) is 0 Å². The van der Waals surface area contributed by atoms with E-state index in [9.17, 15) is 15.2 Å². The number of benzene rings is 1. The Morgan fingerprint density at radius 3 is 2.86 bits per heavy atom. The summed E-state index contributed by atoms with van der Waals surface area (Å²) in [4.78, 5) is 12.7. The van der Waals surface area contributed by atoms with Gasteiger partial charge in [-0.05, 0) is 32.0 Å². The number of hydrogen-bond donors (Lipinski definition) is 2. The van der Waals surface area contributed by atoms with Crippen LogP contribution in [0.15, 0.2) is 28.2 Å². The number of aromatic nitrogens is 2. The first-order valence-corrected chi connectivity index (χ1v) is 9.24. The molecule has 0 fully saturated rings. The van der Waals surface area contributed by atoms with E-state index in [0.717, 1.165) is 0 Å². The fraction of sp³-hybridized carbons (Fsp3) is 0.263. The lowest BCUT2D eigenvalue weighted by molar-refractivity contribution is -0.138. The number of aromatic hydroxyl groups is 1. The Morgan fingerprint density at radius 2 is 2.21 bits per heavy atom. The van der Waals surface area contributed by atoms with Crippen molar-refractivity contribution in [1.29, 1.82) is 10.5 Å². The highest BCUT2D eigenvalue weighted by atomic mass is 79.9. The minimum Gasteiger partial charge on any atom is -0.508 e. The molecule has 28 heavy (non-hydrogen) atoms. The summed E-state index contributed by atoms with van der Waals surface area (Å²) < 4.78 is 7.36. The van der Waals surface area contributed by atoms with Gasteiger partial charge >= 0.3 is 5.97 Å². The fourth-order valence-corrected chi connectivity index (χ4v) is 3.53. The van der Waals surface area contributed by atoms with Gasteiger partial charge < -0.3 is 15.2 Å². The number of fused-ring (bicyclic) bond motifs is 1. The number of phenols is 1. The summed E-state index contributed by atoms with van der Waals surface area (Å²) in [5.74, 6) is -0.208. The van der Waals surface area contributed by atoms with Crippen LogP contribution in [0.4, 0.5) is 5.82 Å². The summed E-state index contributed by atoms with van der Waals surface area (Å²) in [6, 6.07) is 8.17. The lowest BCUT2D eigenvalue weighted by Gasteiger charge is -2.29. The number of allylic oxidation sites excluding steroid dienone is 1. The number of carbonyl (C=O) groups is 1. The van der Waals surface area contributed by atoms with Crippen LogP contribution in [0.2, 0.25) is 0 Å². The molecule has 1 unspecified atom stereocenters. The number of anilines is 1. The van der Waals surface area contributed by atoms with Crippen molar-refractivity contribution in [2.75, 3.05) is 11.9 Å². The molecule has 0 saturated heterocycles. The third-order valence-electron chi connectivity index (χ3n) is 4.39. The zero-order valence-electron chi connectivity index (χ0n) is 15.2. The molecule has 142 valence electrons. The van der Waals surface area contributed by atoms with Gasteiger partial charge in [0, 0.05) is 10.0 Å². The van der Waals surface area contributed by atoms with Crippen LogP contribution in [0.25, 0.3) is 5.70 Å². The number of rotatable bonds is 4. The van der Waals surface area contributed by atoms with E-state index in [-0.39, 0.29) is 29.9 Å². The van der Waals surface area contributed by atoms with Crippen LogP contribution in [0.3, 0.4) is 0 Å². The Kier molecular flexibility index (Phi) is 5.39. The molecule has 1 atom stereocenters. The molecule has 2 heterocycles. The highest BCUT2D eigenvalue weighted by Gasteiger charge is 2.36. The van der Waals surface area contributed by atoms with E-state index in [2.05, 4.69) is 32.4 Å². The van der Waals surface area contributed by atoms with Crippen molar-refractivity contribution >= 4 is 33.4 Å².